The van der Waals surface area contributed by atoms with Gasteiger partial charge in [-0.25, -0.2) is 0 Å². The van der Waals surface area contributed by atoms with Crippen molar-refractivity contribution in [3.8, 4) is 5.75 Å². The van der Waals surface area contributed by atoms with Crippen LogP contribution in [0.2, 0.25) is 0 Å². The minimum atomic E-state index is -1.06. The van der Waals surface area contributed by atoms with Crippen LogP contribution < -0.4 is 4.74 Å². The highest BCUT2D eigenvalue weighted by Gasteiger charge is 2.46. The number of ether oxygens (including phenoxy) is 1. The number of carbonyl (C=O) groups is 2. The summed E-state index contributed by atoms with van der Waals surface area (Å²) in [4.78, 5) is 38.4. The number of ketones is 1. The van der Waals surface area contributed by atoms with E-state index in [4.69, 9.17) is 9.15 Å². The highest BCUT2D eigenvalue weighted by atomic mass is 16.6. The number of hydrogen-bond donors (Lipinski definition) is 1. The van der Waals surface area contributed by atoms with E-state index in [2.05, 4.69) is 0 Å². The smallest absolute Gasteiger partial charge is 0.296 e. The molecule has 196 valence electrons. The van der Waals surface area contributed by atoms with Gasteiger partial charge in [0.15, 0.2) is 0 Å². The van der Waals surface area contributed by atoms with Crippen LogP contribution in [0.5, 0.6) is 5.75 Å². The van der Waals surface area contributed by atoms with E-state index < -0.39 is 28.4 Å². The van der Waals surface area contributed by atoms with E-state index in [1.165, 1.54) is 29.4 Å². The third-order valence-electron chi connectivity index (χ3n) is 6.46. The molecule has 0 saturated carbocycles. The van der Waals surface area contributed by atoms with Gasteiger partial charge in [-0.3, -0.25) is 19.7 Å². The maximum absolute atomic E-state index is 13.2. The summed E-state index contributed by atoms with van der Waals surface area (Å²) in [5.41, 5.74) is 2.37. The van der Waals surface area contributed by atoms with Crippen molar-refractivity contribution < 1.29 is 28.8 Å². The van der Waals surface area contributed by atoms with Crippen LogP contribution in [0.25, 0.3) is 5.76 Å². The van der Waals surface area contributed by atoms with E-state index in [-0.39, 0.29) is 17.8 Å². The van der Waals surface area contributed by atoms with Gasteiger partial charge in [0.1, 0.15) is 23.9 Å². The van der Waals surface area contributed by atoms with Crippen LogP contribution in [-0.4, -0.2) is 26.6 Å². The van der Waals surface area contributed by atoms with Gasteiger partial charge in [-0.05, 0) is 54.4 Å². The SMILES string of the molecule is Cc1cccc(COc2ccc(C(O)=C3C(=O)C(=O)N(Cc4ccco4)C3c3cccc([N+](=O)[O-])c3)cc2)c1. The molecule has 3 aromatic carbocycles. The van der Waals surface area contributed by atoms with Crippen molar-refractivity contribution in [2.75, 3.05) is 0 Å². The van der Waals surface area contributed by atoms with Crippen LogP contribution in [0.15, 0.2) is 101 Å². The zero-order valence-electron chi connectivity index (χ0n) is 20.9. The Morgan fingerprint density at radius 1 is 1.03 bits per heavy atom. The Morgan fingerprint density at radius 3 is 2.49 bits per heavy atom. The predicted octanol–water partition coefficient (Wildman–Crippen LogP) is 5.70. The Hall–Kier alpha value is -5.18. The monoisotopic (exact) mass is 524 g/mol. The molecule has 9 nitrogen and oxygen atoms in total. The second kappa shape index (κ2) is 10.7. The number of aliphatic hydroxyl groups excluding tert-OH is 1. The number of benzene rings is 3. The topological polar surface area (TPSA) is 123 Å². The van der Waals surface area contributed by atoms with Crippen LogP contribution in [0, 0.1) is 17.0 Å². The number of aliphatic hydroxyl groups is 1. The average Bonchev–Trinajstić information content (AvgIpc) is 3.54. The molecule has 1 fully saturated rings. The summed E-state index contributed by atoms with van der Waals surface area (Å²) < 4.78 is 11.2. The molecule has 1 N–H and O–H groups in total. The number of hydrogen-bond acceptors (Lipinski definition) is 7. The lowest BCUT2D eigenvalue weighted by Gasteiger charge is -2.24. The highest BCUT2D eigenvalue weighted by Crippen LogP contribution is 2.41. The fourth-order valence-electron chi connectivity index (χ4n) is 4.60. The number of nitro benzene ring substituents is 1. The molecule has 1 unspecified atom stereocenters. The molecule has 0 aliphatic carbocycles. The molecule has 0 bridgehead atoms. The molecule has 2 heterocycles. The molecule has 0 radical (unpaired) electrons. The molecule has 0 spiro atoms. The van der Waals surface area contributed by atoms with Crippen molar-refractivity contribution >= 4 is 23.1 Å². The Morgan fingerprint density at radius 2 is 1.79 bits per heavy atom. The highest BCUT2D eigenvalue weighted by molar-refractivity contribution is 6.46. The summed E-state index contributed by atoms with van der Waals surface area (Å²) in [5, 5.41) is 22.7. The van der Waals surface area contributed by atoms with Gasteiger partial charge in [0.05, 0.1) is 29.3 Å². The fraction of sp³-hybridized carbons (Fsp3) is 0.133. The summed E-state index contributed by atoms with van der Waals surface area (Å²) >= 11 is 0. The zero-order chi connectivity index (χ0) is 27.5. The Kier molecular flexibility index (Phi) is 6.96. The first kappa shape index (κ1) is 25.5. The summed E-state index contributed by atoms with van der Waals surface area (Å²) in [6.07, 6.45) is 1.44. The first-order valence-corrected chi connectivity index (χ1v) is 12.2. The number of aryl methyl sites for hydroxylation is 1. The molecule has 5 rings (SSSR count). The molecule has 1 aliphatic rings. The van der Waals surface area contributed by atoms with Crippen LogP contribution in [0.3, 0.4) is 0 Å². The number of nitro groups is 1. The molecular weight excluding hydrogens is 500 g/mol. The van der Waals surface area contributed by atoms with Gasteiger partial charge in [0, 0.05) is 17.7 Å². The molecule has 4 aromatic rings. The van der Waals surface area contributed by atoms with E-state index in [1.807, 2.05) is 31.2 Å². The van der Waals surface area contributed by atoms with E-state index in [9.17, 15) is 24.8 Å². The number of nitrogens with zero attached hydrogens (tertiary/aromatic N) is 2. The van der Waals surface area contributed by atoms with Gasteiger partial charge in [-0.15, -0.1) is 0 Å². The molecule has 1 aliphatic heterocycles. The fourth-order valence-corrected chi connectivity index (χ4v) is 4.60. The summed E-state index contributed by atoms with van der Waals surface area (Å²) in [6.45, 7) is 2.30. The van der Waals surface area contributed by atoms with Gasteiger partial charge in [0.25, 0.3) is 17.4 Å². The van der Waals surface area contributed by atoms with Crippen LogP contribution in [0.4, 0.5) is 5.69 Å². The van der Waals surface area contributed by atoms with Crippen molar-refractivity contribution in [1.82, 2.24) is 4.90 Å². The normalized spacial score (nSPS) is 16.4. The lowest BCUT2D eigenvalue weighted by Crippen LogP contribution is -2.29. The maximum atomic E-state index is 13.2. The third kappa shape index (κ3) is 5.28. The summed E-state index contributed by atoms with van der Waals surface area (Å²) in [7, 11) is 0. The quantitative estimate of drug-likeness (QED) is 0.103. The zero-order valence-corrected chi connectivity index (χ0v) is 20.9. The van der Waals surface area contributed by atoms with Gasteiger partial charge in [-0.2, -0.15) is 0 Å². The van der Waals surface area contributed by atoms with E-state index >= 15 is 0 Å². The van der Waals surface area contributed by atoms with Crippen molar-refractivity contribution in [1.29, 1.82) is 0 Å². The average molecular weight is 525 g/mol. The van der Waals surface area contributed by atoms with E-state index in [0.29, 0.717) is 29.2 Å². The third-order valence-corrected chi connectivity index (χ3v) is 6.46. The lowest BCUT2D eigenvalue weighted by atomic mass is 9.95. The molecule has 39 heavy (non-hydrogen) atoms. The van der Waals surface area contributed by atoms with Crippen molar-refractivity contribution in [2.45, 2.75) is 26.1 Å². The molecule has 9 heteroatoms. The molecule has 1 aromatic heterocycles. The Labute approximate surface area is 223 Å². The first-order valence-electron chi connectivity index (χ1n) is 12.2. The van der Waals surface area contributed by atoms with E-state index in [0.717, 1.165) is 11.1 Å². The van der Waals surface area contributed by atoms with Crippen LogP contribution in [-0.2, 0) is 22.7 Å². The van der Waals surface area contributed by atoms with Gasteiger partial charge < -0.3 is 19.2 Å². The number of rotatable bonds is 8. The van der Waals surface area contributed by atoms with Gasteiger partial charge >= 0.3 is 0 Å². The first-order chi connectivity index (χ1) is 18.8. The van der Waals surface area contributed by atoms with Crippen LogP contribution in [0.1, 0.15) is 34.1 Å². The second-order valence-corrected chi connectivity index (χ2v) is 9.16. The standard InChI is InChI=1S/C30H24N2O7/c1-19-5-2-6-20(15-19)18-39-24-12-10-21(11-13-24)28(33)26-27(22-7-3-8-23(16-22)32(36)37)31(30(35)29(26)34)17-25-9-4-14-38-25/h2-16,27,33H,17-18H2,1H3. The molecular formula is C30H24N2O7. The molecule has 1 atom stereocenters. The summed E-state index contributed by atoms with van der Waals surface area (Å²) in [6, 6.07) is 22.3. The Balaban J connectivity index is 1.49. The number of amides is 1. The van der Waals surface area contributed by atoms with E-state index in [1.54, 1.807) is 42.5 Å². The minimum Gasteiger partial charge on any atom is -0.507 e. The van der Waals surface area contributed by atoms with Gasteiger partial charge in [-0.1, -0.05) is 42.0 Å². The summed E-state index contributed by atoms with van der Waals surface area (Å²) in [5.74, 6) is -1.15. The van der Waals surface area contributed by atoms with Crippen molar-refractivity contribution in [2.24, 2.45) is 0 Å². The number of non-ortho nitro benzene ring substituents is 1. The largest absolute Gasteiger partial charge is 0.507 e. The van der Waals surface area contributed by atoms with Gasteiger partial charge in [0.2, 0.25) is 0 Å². The Bertz CT molecular complexity index is 1570. The minimum absolute atomic E-state index is 0.0621. The van der Waals surface area contributed by atoms with Crippen molar-refractivity contribution in [3.63, 3.8) is 0 Å². The second-order valence-electron chi connectivity index (χ2n) is 9.16. The maximum Gasteiger partial charge on any atom is 0.296 e. The number of furan rings is 1. The van der Waals surface area contributed by atoms with Crippen LogP contribution >= 0.6 is 0 Å². The number of likely N-dealkylation sites (tertiary alicyclic amines) is 1. The lowest BCUT2D eigenvalue weighted by molar-refractivity contribution is -0.384. The van der Waals surface area contributed by atoms with Crippen molar-refractivity contribution in [3.05, 3.63) is 135 Å². The number of Topliss-reactive ketones (excluding diaryl/α,β-unsaturated/α-hetero) is 1. The molecule has 1 saturated heterocycles. The predicted molar refractivity (Wildman–Crippen MR) is 142 cm³/mol. The molecule has 1 amide bonds. The number of carbonyl (C=O) groups excluding carboxylic acids is 2.